The third-order valence-corrected chi connectivity index (χ3v) is 7.51. The second-order valence-electron chi connectivity index (χ2n) is 8.82. The molecule has 1 amide bonds. The van der Waals surface area contributed by atoms with Gasteiger partial charge in [0.2, 0.25) is 5.91 Å². The zero-order valence-electron chi connectivity index (χ0n) is 14.6. The number of anilines is 1. The zero-order valence-corrected chi connectivity index (χ0v) is 14.6. The van der Waals surface area contributed by atoms with Crippen LogP contribution in [0.2, 0.25) is 0 Å². The predicted molar refractivity (Wildman–Crippen MR) is 90.1 cm³/mol. The van der Waals surface area contributed by atoms with Crippen molar-refractivity contribution in [2.45, 2.75) is 51.2 Å². The predicted octanol–water partition coefficient (Wildman–Crippen LogP) is 2.86. The minimum absolute atomic E-state index is 0.0308. The molecular formula is C20H23NO3. The monoisotopic (exact) mass is 325 g/mol. The maximum Gasteiger partial charge on any atom is 0.234 e. The van der Waals surface area contributed by atoms with Crippen molar-refractivity contribution in [3.63, 3.8) is 0 Å². The Morgan fingerprint density at radius 1 is 1.29 bits per heavy atom. The van der Waals surface area contributed by atoms with Crippen LogP contribution in [0.3, 0.4) is 0 Å². The molecule has 4 nitrogen and oxygen atoms in total. The zero-order chi connectivity index (χ0) is 17.0. The summed E-state index contributed by atoms with van der Waals surface area (Å²) in [5, 5.41) is 0. The van der Waals surface area contributed by atoms with Gasteiger partial charge < -0.3 is 14.4 Å². The molecule has 5 rings (SSSR count). The number of hydrogen-bond donors (Lipinski definition) is 0. The van der Waals surface area contributed by atoms with Crippen molar-refractivity contribution in [2.24, 2.45) is 16.7 Å². The maximum atomic E-state index is 13.1. The van der Waals surface area contributed by atoms with E-state index < -0.39 is 5.41 Å². The lowest BCUT2D eigenvalue weighted by molar-refractivity contribution is -0.123. The summed E-state index contributed by atoms with van der Waals surface area (Å²) < 4.78 is 6.34. The first kappa shape index (κ1) is 14.6. The van der Waals surface area contributed by atoms with Gasteiger partial charge in [-0.2, -0.15) is 0 Å². The Morgan fingerprint density at radius 3 is 2.75 bits per heavy atom. The van der Waals surface area contributed by atoms with Gasteiger partial charge in [0, 0.05) is 18.7 Å². The van der Waals surface area contributed by atoms with Crippen LogP contribution in [-0.4, -0.2) is 31.4 Å². The summed E-state index contributed by atoms with van der Waals surface area (Å²) in [6, 6.07) is 6.17. The van der Waals surface area contributed by atoms with Crippen LogP contribution >= 0.6 is 0 Å². The van der Waals surface area contributed by atoms with E-state index in [4.69, 9.17) is 4.74 Å². The Kier molecular flexibility index (Phi) is 2.50. The SMILES string of the molecule is CN1C(=O)[C@H]2c3c(cccc31)C1C3OC(CC3C2(C)C)C1(C)C=O. The van der Waals surface area contributed by atoms with Crippen molar-refractivity contribution < 1.29 is 14.3 Å². The summed E-state index contributed by atoms with van der Waals surface area (Å²) in [4.78, 5) is 27.0. The number of fused-ring (bicyclic) bond motifs is 2. The van der Waals surface area contributed by atoms with Crippen LogP contribution in [0.5, 0.6) is 0 Å². The molecule has 2 fully saturated rings. The number of amides is 1. The van der Waals surface area contributed by atoms with Gasteiger partial charge in [-0.3, -0.25) is 4.79 Å². The number of likely N-dealkylation sites (N-methyl/N-ethyl adjacent to an activating group) is 1. The molecule has 126 valence electrons. The molecule has 0 aromatic heterocycles. The molecule has 3 heterocycles. The normalized spacial score (nSPS) is 43.8. The van der Waals surface area contributed by atoms with E-state index >= 15 is 0 Å². The summed E-state index contributed by atoms with van der Waals surface area (Å²) in [6.45, 7) is 6.47. The van der Waals surface area contributed by atoms with Crippen molar-refractivity contribution in [1.29, 1.82) is 0 Å². The van der Waals surface area contributed by atoms with E-state index in [0.29, 0.717) is 5.92 Å². The van der Waals surface area contributed by atoms with Crippen molar-refractivity contribution in [3.05, 3.63) is 29.3 Å². The number of rotatable bonds is 1. The highest BCUT2D eigenvalue weighted by atomic mass is 16.5. The van der Waals surface area contributed by atoms with Crippen LogP contribution in [-0.2, 0) is 14.3 Å². The Morgan fingerprint density at radius 2 is 2.04 bits per heavy atom. The minimum Gasteiger partial charge on any atom is -0.373 e. The second kappa shape index (κ2) is 4.10. The lowest BCUT2D eigenvalue weighted by Crippen LogP contribution is -2.45. The number of carbonyl (C=O) groups excluding carboxylic acids is 2. The van der Waals surface area contributed by atoms with E-state index in [1.54, 1.807) is 4.90 Å². The summed E-state index contributed by atoms with van der Waals surface area (Å²) >= 11 is 0. The molecule has 4 aliphatic rings. The quantitative estimate of drug-likeness (QED) is 0.746. The van der Waals surface area contributed by atoms with Gasteiger partial charge in [0.25, 0.3) is 0 Å². The van der Waals surface area contributed by atoms with E-state index in [2.05, 4.69) is 19.9 Å². The fourth-order valence-corrected chi connectivity index (χ4v) is 6.15. The molecule has 1 aromatic rings. The van der Waals surface area contributed by atoms with Crippen molar-refractivity contribution in [1.82, 2.24) is 0 Å². The molecule has 2 bridgehead atoms. The highest BCUT2D eigenvalue weighted by molar-refractivity contribution is 6.06. The van der Waals surface area contributed by atoms with Gasteiger partial charge in [0.15, 0.2) is 0 Å². The van der Waals surface area contributed by atoms with E-state index in [0.717, 1.165) is 29.5 Å². The molecule has 0 spiro atoms. The first-order valence-electron chi connectivity index (χ1n) is 8.84. The lowest BCUT2D eigenvalue weighted by atomic mass is 9.58. The third-order valence-electron chi connectivity index (χ3n) is 7.51. The van der Waals surface area contributed by atoms with Gasteiger partial charge in [-0.15, -0.1) is 0 Å². The molecule has 1 aromatic carbocycles. The molecule has 2 saturated heterocycles. The third kappa shape index (κ3) is 1.34. The van der Waals surface area contributed by atoms with E-state index in [1.165, 1.54) is 0 Å². The fraction of sp³-hybridized carbons (Fsp3) is 0.600. The largest absolute Gasteiger partial charge is 0.373 e. The van der Waals surface area contributed by atoms with Crippen molar-refractivity contribution in [2.75, 3.05) is 11.9 Å². The van der Waals surface area contributed by atoms with Crippen molar-refractivity contribution >= 4 is 17.9 Å². The molecule has 5 unspecified atom stereocenters. The number of aldehydes is 1. The number of carbonyl (C=O) groups is 2. The number of hydrogen-bond acceptors (Lipinski definition) is 3. The van der Waals surface area contributed by atoms with Gasteiger partial charge in [0.1, 0.15) is 6.29 Å². The Hall–Kier alpha value is -1.68. The molecule has 0 N–H and O–H groups in total. The summed E-state index contributed by atoms with van der Waals surface area (Å²) in [5.41, 5.74) is 2.64. The molecular weight excluding hydrogens is 302 g/mol. The van der Waals surface area contributed by atoms with Gasteiger partial charge in [0.05, 0.1) is 23.5 Å². The molecule has 0 radical (unpaired) electrons. The fourth-order valence-electron chi connectivity index (χ4n) is 6.15. The number of nitrogens with zero attached hydrogens (tertiary/aromatic N) is 1. The van der Waals surface area contributed by atoms with Gasteiger partial charge in [-0.25, -0.2) is 0 Å². The number of ether oxygens (including phenoxy) is 1. The molecule has 3 aliphatic heterocycles. The highest BCUT2D eigenvalue weighted by Crippen LogP contribution is 2.68. The average molecular weight is 325 g/mol. The van der Waals surface area contributed by atoms with Crippen molar-refractivity contribution in [3.8, 4) is 0 Å². The van der Waals surface area contributed by atoms with E-state index in [1.807, 2.05) is 26.1 Å². The molecule has 6 atom stereocenters. The summed E-state index contributed by atoms with van der Waals surface area (Å²) in [5.74, 6) is 0.404. The van der Waals surface area contributed by atoms with E-state index in [9.17, 15) is 9.59 Å². The molecule has 24 heavy (non-hydrogen) atoms. The Bertz CT molecular complexity index is 785. The van der Waals surface area contributed by atoms with Gasteiger partial charge in [-0.1, -0.05) is 26.0 Å². The molecule has 0 saturated carbocycles. The smallest absolute Gasteiger partial charge is 0.234 e. The van der Waals surface area contributed by atoms with Crippen LogP contribution in [0, 0.1) is 16.7 Å². The topological polar surface area (TPSA) is 46.6 Å². The first-order valence-corrected chi connectivity index (χ1v) is 8.84. The Labute approximate surface area is 142 Å². The molecule has 4 heteroatoms. The Balaban J connectivity index is 1.85. The maximum absolute atomic E-state index is 13.1. The number of benzene rings is 1. The van der Waals surface area contributed by atoms with Crippen LogP contribution in [0.1, 0.15) is 50.2 Å². The van der Waals surface area contributed by atoms with Crippen LogP contribution in [0.15, 0.2) is 18.2 Å². The average Bonchev–Trinajstić information content (AvgIpc) is 3.17. The lowest BCUT2D eigenvalue weighted by Gasteiger charge is -2.42. The molecule has 1 aliphatic carbocycles. The summed E-state index contributed by atoms with van der Waals surface area (Å²) in [7, 11) is 1.87. The second-order valence-corrected chi connectivity index (χ2v) is 8.82. The van der Waals surface area contributed by atoms with Crippen LogP contribution < -0.4 is 4.90 Å². The van der Waals surface area contributed by atoms with Crippen LogP contribution in [0.25, 0.3) is 0 Å². The first-order chi connectivity index (χ1) is 11.3. The standard InChI is InChI=1S/C20H23NO3/c1-19(2)11-8-13-20(3,9-22)15(17(11)24-13)10-6-5-7-12-14(10)16(19)18(23)21(12)4/h5-7,9,11,13,15-17H,8H2,1-4H3/t11?,13?,15?,16-,17?,20?/m1/s1. The van der Waals surface area contributed by atoms with Crippen LogP contribution in [0.4, 0.5) is 5.69 Å². The van der Waals surface area contributed by atoms with Gasteiger partial charge in [-0.05, 0) is 41.9 Å². The van der Waals surface area contributed by atoms with E-state index in [-0.39, 0.29) is 35.4 Å². The van der Waals surface area contributed by atoms with Gasteiger partial charge >= 0.3 is 0 Å². The highest BCUT2D eigenvalue weighted by Gasteiger charge is 2.68. The summed E-state index contributed by atoms with van der Waals surface area (Å²) in [6.07, 6.45) is 1.98. The minimum atomic E-state index is -0.495.